The zero-order valence-corrected chi connectivity index (χ0v) is 87.2. The predicted octanol–water partition coefficient (Wildman–Crippen LogP) is 16.9. The lowest BCUT2D eigenvalue weighted by Crippen LogP contribution is -2.41. The maximum Gasteiger partial charge on any atom is 0.266 e. The molecule has 137 heavy (non-hydrogen) atoms. The molecular weight excluding hydrogens is 2330 g/mol. The van der Waals surface area contributed by atoms with Crippen LogP contribution >= 0.6 is 137 Å². The summed E-state index contributed by atoms with van der Waals surface area (Å²) in [6, 6.07) is 56.7. The second kappa shape index (κ2) is 52.8. The van der Waals surface area contributed by atoms with E-state index in [9.17, 15) is 57.1 Å². The Morgan fingerprint density at radius 1 is 0.474 bits per heavy atom. The maximum absolute atomic E-state index is 14.3. The Morgan fingerprint density at radius 3 is 1.24 bits per heavy atom. The number of amides is 3. The fourth-order valence-electron chi connectivity index (χ4n) is 13.2. The molecule has 0 radical (unpaired) electrons. The van der Waals surface area contributed by atoms with Crippen molar-refractivity contribution in [2.45, 2.75) is 56.9 Å². The molecule has 706 valence electrons. The average Bonchev–Trinajstić information content (AvgIpc) is 1.59. The molecule has 0 aliphatic carbocycles. The Hall–Kier alpha value is -13.2. The summed E-state index contributed by atoms with van der Waals surface area (Å²) in [5.41, 5.74) is 33.8. The topological polar surface area (TPSA) is 463 Å². The highest BCUT2D eigenvalue weighted by Gasteiger charge is 2.53. The van der Waals surface area contributed by atoms with Crippen LogP contribution in [0.2, 0.25) is 0 Å². The molecule has 13 aromatic rings. The number of nitrogens with one attached hydrogen (secondary N) is 4. The van der Waals surface area contributed by atoms with Crippen molar-refractivity contribution in [2.24, 2.45) is 48.6 Å². The van der Waals surface area contributed by atoms with Gasteiger partial charge in [0.15, 0.2) is 78.2 Å². The molecule has 3 aliphatic heterocycles. The second-order valence-corrected chi connectivity index (χ2v) is 35.8. The fourth-order valence-corrected chi connectivity index (χ4v) is 15.7. The van der Waals surface area contributed by atoms with Crippen LogP contribution < -0.4 is 28.7 Å². The molecule has 3 aliphatic rings. The molecule has 6 aromatic carbocycles. The lowest BCUT2D eigenvalue weighted by Gasteiger charge is -2.25. The number of likely N-dealkylation sites (N-methyl/N-ethyl adjacent to an activating group) is 3. The van der Waals surface area contributed by atoms with E-state index in [4.69, 9.17) is 35.1 Å². The van der Waals surface area contributed by atoms with E-state index in [0.29, 0.717) is 104 Å². The largest absolute Gasteiger partial charge is 0.370 e. The predicted molar refractivity (Wildman–Crippen MR) is 565 cm³/mol. The highest BCUT2D eigenvalue weighted by atomic mass is 127. The smallest absolute Gasteiger partial charge is 0.266 e. The number of carbonyl (C=O) groups excluding carboxylic acids is 11. The number of alkyl halides is 1. The summed E-state index contributed by atoms with van der Waals surface area (Å²) < 4.78 is 24.6. The fraction of sp³-hybridized carbons (Fsp3) is 0.143. The number of benzene rings is 6. The molecule has 0 saturated carbocycles. The number of guanidine groups is 4. The van der Waals surface area contributed by atoms with Crippen LogP contribution in [0, 0.1) is 33.7 Å². The van der Waals surface area contributed by atoms with Gasteiger partial charge in [-0.2, -0.15) is 4.39 Å². The number of hydrogen-bond donors (Lipinski definition) is 9. The number of aliphatic imine (C=N–C) groups is 4. The SMILES string of the molecule is C#Cc1cccc(Br)c1.CCCI.CCn1cc(C2(c3cccc(-c4cccnc4F)c3)N=C(N)N(C)C2=O)cc1C=O.CCn1cc(C2(c3cccc(Br)c3)N=C(N)N(C)C2=O)cc1C=O.CN1C(=O)C(c2cccc(Br)c2)(c2c[nH]c(C=O)c2)N=C1N.CN=C(N)N.Cl.O=Cc1cc(C#Cc2cccc(Br)c2)c[nH]1.O=Cc1cc(C(=O)C(=O)c2cccc(Br)c2)c[nH]1.O=Cc1cc(I)c[nH]1. The summed E-state index contributed by atoms with van der Waals surface area (Å²) in [4.78, 5) is 163. The van der Waals surface area contributed by atoms with E-state index in [1.807, 2.05) is 111 Å². The summed E-state index contributed by atoms with van der Waals surface area (Å²) in [7, 11) is 6.26. The number of aromatic amines is 4. The molecule has 0 saturated heterocycles. The monoisotopic (exact) mass is 2410 g/mol. The molecule has 30 nitrogen and oxygen atoms in total. The number of terminal acetylenes is 1. The Bertz CT molecular complexity index is 6800. The third-order valence-corrected chi connectivity index (χ3v) is 24.2. The quantitative estimate of drug-likeness (QED) is 0.00418. The van der Waals surface area contributed by atoms with Crippen LogP contribution in [-0.4, -0.2) is 172 Å². The molecule has 39 heteroatoms. The first kappa shape index (κ1) is 111. The van der Waals surface area contributed by atoms with Crippen LogP contribution in [0.15, 0.2) is 280 Å². The number of carbonyl (C=O) groups is 11. The van der Waals surface area contributed by atoms with Gasteiger partial charge < -0.3 is 57.7 Å². The number of aromatic nitrogens is 7. The van der Waals surface area contributed by atoms with Gasteiger partial charge in [0, 0.05) is 161 Å². The van der Waals surface area contributed by atoms with Gasteiger partial charge in [-0.05, 0) is 197 Å². The van der Waals surface area contributed by atoms with E-state index >= 15 is 0 Å². The van der Waals surface area contributed by atoms with Gasteiger partial charge >= 0.3 is 0 Å². The Balaban J connectivity index is 0.000000220. The van der Waals surface area contributed by atoms with Crippen molar-refractivity contribution in [1.29, 1.82) is 0 Å². The number of H-pyrrole nitrogens is 4. The zero-order valence-electron chi connectivity index (χ0n) is 74.2. The minimum Gasteiger partial charge on any atom is -0.370 e. The highest BCUT2D eigenvalue weighted by Crippen LogP contribution is 2.44. The molecule has 10 heterocycles. The molecule has 3 unspecified atom stereocenters. The van der Waals surface area contributed by atoms with Gasteiger partial charge in [-0.1, -0.05) is 194 Å². The summed E-state index contributed by atoms with van der Waals surface area (Å²) >= 11 is 21.3. The standard InChI is InChI=1S/C22H20FN5O2.C17H17BrN4O2.C15H13BrN4O2.C13H8BrNO3.C13H8BrNO.C8H5Br.C5H4INO.C3H7I.C2H7N3.ClH/c1-3-28-12-16(11-17(28)13-29)22(20(30)27(2)21(24)26-22)15-7-4-6-14(10-15)18-8-5-9-25-19(18)23;1-3-22-9-12(8-14(22)10-23)17(11-5-4-6-13(18)7-11)15(24)21(2)16(19)20-17;1-20-13(22)15(19-14(20)17,9-3-2-4-11(16)5-9)10-6-12(8-21)18-7-10;14-10-3-1-2-8(4-10)12(17)13(18)9-5-11(7-16)15-6-9;14-12-3-1-2-10(6-12)4-5-11-7-13(9-16)15-8-11;1-2-7-4-3-5-8(9)6-7;6-4-1-5(3-8)7-2-4;1-2-3-4;1-5-2(3)4;/h4-13H,3H2,1-2H3,(H2,24,26);4-10H,3H2,1-2H3,(H2,19,20);2-8,18H,1H3,(H2,17,19);1-7,15H;1-3,6-9,15H;1,3-6H;1-3,7H;2-3H2,1H3;1H3,(H4,3,4,5);1H. The van der Waals surface area contributed by atoms with Gasteiger partial charge in [0.1, 0.15) is 0 Å². The number of rotatable bonds is 19. The van der Waals surface area contributed by atoms with Crippen molar-refractivity contribution in [3.8, 4) is 35.3 Å². The van der Waals surface area contributed by atoms with Crippen LogP contribution in [0.25, 0.3) is 11.1 Å². The lowest BCUT2D eigenvalue weighted by molar-refractivity contribution is -0.130. The molecule has 0 spiro atoms. The highest BCUT2D eigenvalue weighted by molar-refractivity contribution is 14.1. The van der Waals surface area contributed by atoms with Crippen LogP contribution in [0.5, 0.6) is 0 Å². The van der Waals surface area contributed by atoms with Crippen molar-refractivity contribution in [2.75, 3.05) is 32.6 Å². The molecule has 0 bridgehead atoms. The van der Waals surface area contributed by atoms with E-state index in [0.717, 1.165) is 67.8 Å². The molecular formula is C98H90Br5ClFI2N19O11. The van der Waals surface area contributed by atoms with Crippen LogP contribution in [-0.2, 0) is 44.1 Å². The first-order valence-electron chi connectivity index (χ1n) is 40.6. The number of Topliss-reactive ketones (excluding diaryl/α,β-unsaturated/α-hetero) is 2. The van der Waals surface area contributed by atoms with E-state index in [-0.39, 0.29) is 65.2 Å². The number of nitrogens with zero attached hydrogens (tertiary/aromatic N) is 10. The lowest BCUT2D eigenvalue weighted by atomic mass is 9.83. The minimum absolute atomic E-state index is 0. The zero-order chi connectivity index (χ0) is 99.7. The van der Waals surface area contributed by atoms with E-state index in [1.54, 1.807) is 152 Å². The van der Waals surface area contributed by atoms with Gasteiger partial charge in [-0.3, -0.25) is 72.4 Å². The summed E-state index contributed by atoms with van der Waals surface area (Å²) in [5.74, 6) is 6.31. The van der Waals surface area contributed by atoms with E-state index < -0.39 is 34.1 Å². The molecule has 14 N–H and O–H groups in total. The van der Waals surface area contributed by atoms with Crippen molar-refractivity contribution in [3.63, 3.8) is 0 Å². The van der Waals surface area contributed by atoms with Crippen molar-refractivity contribution in [3.05, 3.63) is 365 Å². The Kier molecular flexibility index (Phi) is 42.7. The van der Waals surface area contributed by atoms with Gasteiger partial charge in [0.05, 0.1) is 34.2 Å². The Morgan fingerprint density at radius 2 is 0.869 bits per heavy atom. The number of aryl methyl sites for hydroxylation is 2. The third-order valence-electron chi connectivity index (χ3n) is 20.1. The summed E-state index contributed by atoms with van der Waals surface area (Å²) in [6.45, 7) is 7.17. The average molecular weight is 2420 g/mol. The van der Waals surface area contributed by atoms with Crippen molar-refractivity contribution in [1.82, 2.24) is 48.8 Å². The molecule has 3 atom stereocenters. The maximum atomic E-state index is 14.3. The molecule has 3 amide bonds. The van der Waals surface area contributed by atoms with Crippen LogP contribution in [0.4, 0.5) is 4.39 Å². The van der Waals surface area contributed by atoms with Crippen LogP contribution in [0.3, 0.4) is 0 Å². The normalized spacial score (nSPS) is 15.0. The van der Waals surface area contributed by atoms with Crippen molar-refractivity contribution >= 4 is 228 Å². The third kappa shape index (κ3) is 28.0. The van der Waals surface area contributed by atoms with E-state index in [2.05, 4.69) is 194 Å². The summed E-state index contributed by atoms with van der Waals surface area (Å²) in [5, 5.41) is 0. The second-order valence-electron chi connectivity index (χ2n) is 28.9. The van der Waals surface area contributed by atoms with E-state index in [1.165, 1.54) is 51.1 Å². The first-order valence-corrected chi connectivity index (χ1v) is 47.2. The number of halogens is 9. The number of hydrogen-bond acceptors (Lipinski definition) is 19. The summed E-state index contributed by atoms with van der Waals surface area (Å²) in [6.07, 6.45) is 22.2. The molecule has 16 rings (SSSR count). The first-order chi connectivity index (χ1) is 65.1. The number of ketones is 2. The number of pyridine rings is 1. The van der Waals surface area contributed by atoms with Crippen LogP contribution in [0.1, 0.15) is 161 Å². The van der Waals surface area contributed by atoms with Gasteiger partial charge in [-0.25, -0.2) is 20.0 Å². The number of aldehydes is 6. The molecule has 7 aromatic heterocycles. The van der Waals surface area contributed by atoms with Crippen molar-refractivity contribution < 1.29 is 57.1 Å². The van der Waals surface area contributed by atoms with Gasteiger partial charge in [-0.15, -0.1) is 18.8 Å². The molecule has 0 fully saturated rings. The number of nitrogens with two attached hydrogens (primary N) is 5. The Labute approximate surface area is 864 Å². The van der Waals surface area contributed by atoms with Gasteiger partial charge in [0.2, 0.25) is 17.5 Å². The minimum atomic E-state index is -1.47. The van der Waals surface area contributed by atoms with Gasteiger partial charge in [0.25, 0.3) is 17.7 Å².